The fourth-order valence-electron chi connectivity index (χ4n) is 1.33. The van der Waals surface area contributed by atoms with Gasteiger partial charge < -0.3 is 9.68 Å². The Hall–Kier alpha value is -1.40. The Balaban J connectivity index is 2.45. The van der Waals surface area contributed by atoms with Gasteiger partial charge in [-0.1, -0.05) is 6.07 Å². The van der Waals surface area contributed by atoms with Crippen LogP contribution in [0.25, 0.3) is 0 Å². The van der Waals surface area contributed by atoms with Crippen molar-refractivity contribution in [3.63, 3.8) is 0 Å². The van der Waals surface area contributed by atoms with E-state index in [2.05, 4.69) is 0 Å². The first-order valence-electron chi connectivity index (χ1n) is 3.75. The Morgan fingerprint density at radius 2 is 2.38 bits per heavy atom. The van der Waals surface area contributed by atoms with Gasteiger partial charge in [0.15, 0.2) is 0 Å². The summed E-state index contributed by atoms with van der Waals surface area (Å²) in [5, 5.41) is 19.6. The predicted molar refractivity (Wildman–Crippen MR) is 45.5 cm³/mol. The minimum atomic E-state index is -0.934. The Morgan fingerprint density at radius 3 is 3.08 bits per heavy atom. The van der Waals surface area contributed by atoms with Crippen LogP contribution >= 0.6 is 0 Å². The normalized spacial score (nSPS) is 14.4. The van der Waals surface area contributed by atoms with Crippen LogP contribution in [0.3, 0.4) is 0 Å². The summed E-state index contributed by atoms with van der Waals surface area (Å²) >= 11 is 0. The van der Waals surface area contributed by atoms with E-state index in [-0.39, 0.29) is 12.3 Å². The summed E-state index contributed by atoms with van der Waals surface area (Å²) in [7, 11) is -0.934. The molecule has 0 fully saturated rings. The van der Waals surface area contributed by atoms with Crippen molar-refractivity contribution in [2.24, 2.45) is 0 Å². The molecule has 0 spiro atoms. The molecule has 0 bridgehead atoms. The number of nitrogens with zero attached hydrogens (tertiary/aromatic N) is 1. The fourth-order valence-corrected chi connectivity index (χ4v) is 1.33. The highest BCUT2D eigenvalue weighted by Gasteiger charge is 2.28. The molecule has 1 aromatic carbocycles. The highest BCUT2D eigenvalue weighted by Crippen LogP contribution is 2.16. The van der Waals surface area contributed by atoms with Gasteiger partial charge in [0.05, 0.1) is 11.5 Å². The van der Waals surface area contributed by atoms with Crippen LogP contribution in [0.2, 0.25) is 0 Å². The third-order valence-electron chi connectivity index (χ3n) is 2.00. The van der Waals surface area contributed by atoms with Crippen molar-refractivity contribution in [3.8, 4) is 0 Å². The number of non-ortho nitro benzene ring substituents is 1. The van der Waals surface area contributed by atoms with Crippen molar-refractivity contribution >= 4 is 18.3 Å². The topological polar surface area (TPSA) is 72.6 Å². The highest BCUT2D eigenvalue weighted by molar-refractivity contribution is 6.61. The van der Waals surface area contributed by atoms with Crippen molar-refractivity contribution in [2.45, 2.75) is 6.61 Å². The molecule has 1 heterocycles. The quantitative estimate of drug-likeness (QED) is 0.368. The third-order valence-corrected chi connectivity index (χ3v) is 2.00. The Bertz CT molecular complexity index is 368. The molecule has 13 heavy (non-hydrogen) atoms. The van der Waals surface area contributed by atoms with Crippen LogP contribution in [0.15, 0.2) is 18.2 Å². The zero-order chi connectivity index (χ0) is 9.42. The molecule has 0 aliphatic carbocycles. The van der Waals surface area contributed by atoms with Gasteiger partial charge in [-0.05, 0) is 11.0 Å². The summed E-state index contributed by atoms with van der Waals surface area (Å²) in [4.78, 5) is 9.92. The van der Waals surface area contributed by atoms with E-state index in [1.807, 2.05) is 0 Å². The third kappa shape index (κ3) is 1.30. The van der Waals surface area contributed by atoms with Crippen LogP contribution in [-0.4, -0.2) is 17.1 Å². The van der Waals surface area contributed by atoms with Gasteiger partial charge in [-0.3, -0.25) is 10.1 Å². The molecule has 5 nitrogen and oxygen atoms in total. The maximum atomic E-state index is 10.4. The first kappa shape index (κ1) is 8.21. The molecule has 0 aromatic heterocycles. The van der Waals surface area contributed by atoms with Crippen molar-refractivity contribution in [1.29, 1.82) is 0 Å². The molecule has 0 unspecified atom stereocenters. The number of nitro groups is 1. The van der Waals surface area contributed by atoms with Gasteiger partial charge in [0.25, 0.3) is 5.69 Å². The SMILES string of the molecule is O=[N+]([O-])c1ccc2c(c1)COB2O. The monoisotopic (exact) mass is 179 g/mol. The second kappa shape index (κ2) is 2.83. The Labute approximate surface area is 74.2 Å². The maximum Gasteiger partial charge on any atom is 0.491 e. The summed E-state index contributed by atoms with van der Waals surface area (Å²) in [5.41, 5.74) is 1.32. The van der Waals surface area contributed by atoms with Crippen LogP contribution < -0.4 is 5.46 Å². The van der Waals surface area contributed by atoms with Gasteiger partial charge in [-0.25, -0.2) is 0 Å². The zero-order valence-corrected chi connectivity index (χ0v) is 6.64. The van der Waals surface area contributed by atoms with Crippen LogP contribution in [0.1, 0.15) is 5.56 Å². The lowest BCUT2D eigenvalue weighted by molar-refractivity contribution is -0.384. The number of benzene rings is 1. The number of rotatable bonds is 1. The predicted octanol–water partition coefficient (Wildman–Crippen LogP) is -0.188. The smallest absolute Gasteiger partial charge is 0.423 e. The second-order valence-electron chi connectivity index (χ2n) is 2.80. The Morgan fingerprint density at radius 1 is 1.62 bits per heavy atom. The van der Waals surface area contributed by atoms with Crippen LogP contribution in [0.4, 0.5) is 5.69 Å². The van der Waals surface area contributed by atoms with E-state index < -0.39 is 12.0 Å². The standard InChI is InChI=1S/C7H6BNO4/c10-8-7-2-1-6(9(11)12)3-5(7)4-13-8/h1-3,10H,4H2. The molecule has 0 saturated carbocycles. The largest absolute Gasteiger partial charge is 0.491 e. The maximum absolute atomic E-state index is 10.4. The molecule has 1 aromatic rings. The van der Waals surface area contributed by atoms with Gasteiger partial charge >= 0.3 is 7.12 Å². The molecule has 0 atom stereocenters. The zero-order valence-electron chi connectivity index (χ0n) is 6.64. The molecule has 1 aliphatic heterocycles. The molecule has 1 N–H and O–H groups in total. The van der Waals surface area contributed by atoms with E-state index in [1.165, 1.54) is 18.2 Å². The molecule has 0 amide bonds. The molecule has 0 saturated heterocycles. The summed E-state index contributed by atoms with van der Waals surface area (Å²) < 4.78 is 4.89. The molecule has 6 heteroatoms. The van der Waals surface area contributed by atoms with E-state index in [0.717, 1.165) is 0 Å². The van der Waals surface area contributed by atoms with Gasteiger partial charge in [-0.2, -0.15) is 0 Å². The number of fused-ring (bicyclic) bond motifs is 1. The average Bonchev–Trinajstić information content (AvgIpc) is 2.47. The average molecular weight is 179 g/mol. The van der Waals surface area contributed by atoms with E-state index in [4.69, 9.17) is 4.65 Å². The Kier molecular flexibility index (Phi) is 1.79. The number of hydrogen-bond acceptors (Lipinski definition) is 4. The van der Waals surface area contributed by atoms with E-state index in [9.17, 15) is 15.1 Å². The minimum Gasteiger partial charge on any atom is -0.423 e. The van der Waals surface area contributed by atoms with Gasteiger partial charge in [0, 0.05) is 12.1 Å². The molecule has 66 valence electrons. The van der Waals surface area contributed by atoms with Crippen molar-refractivity contribution in [1.82, 2.24) is 0 Å². The van der Waals surface area contributed by atoms with Gasteiger partial charge in [0.1, 0.15) is 0 Å². The first-order valence-corrected chi connectivity index (χ1v) is 3.75. The lowest BCUT2D eigenvalue weighted by Crippen LogP contribution is -2.27. The van der Waals surface area contributed by atoms with Gasteiger partial charge in [-0.15, -0.1) is 0 Å². The van der Waals surface area contributed by atoms with E-state index >= 15 is 0 Å². The summed E-state index contributed by atoms with van der Waals surface area (Å²) in [6.07, 6.45) is 0. The van der Waals surface area contributed by atoms with Crippen LogP contribution in [0.5, 0.6) is 0 Å². The second-order valence-corrected chi connectivity index (χ2v) is 2.80. The van der Waals surface area contributed by atoms with Crippen LogP contribution in [-0.2, 0) is 11.3 Å². The van der Waals surface area contributed by atoms with E-state index in [0.29, 0.717) is 11.0 Å². The molecule has 0 radical (unpaired) electrons. The molecular weight excluding hydrogens is 173 g/mol. The summed E-state index contributed by atoms with van der Waals surface area (Å²) in [6.45, 7) is 0.234. The fraction of sp³-hybridized carbons (Fsp3) is 0.143. The lowest BCUT2D eigenvalue weighted by Gasteiger charge is -1.96. The molecule has 2 rings (SSSR count). The minimum absolute atomic E-state index is 0.0245. The summed E-state index contributed by atoms with van der Waals surface area (Å²) in [6, 6.07) is 4.30. The van der Waals surface area contributed by atoms with Crippen molar-refractivity contribution in [2.75, 3.05) is 0 Å². The molecular formula is C7H6BNO4. The lowest BCUT2D eigenvalue weighted by atomic mass is 9.79. The number of hydrogen-bond donors (Lipinski definition) is 1. The number of nitro benzene ring substituents is 1. The van der Waals surface area contributed by atoms with E-state index in [1.54, 1.807) is 0 Å². The van der Waals surface area contributed by atoms with Crippen LogP contribution in [0, 0.1) is 10.1 Å². The first-order chi connectivity index (χ1) is 6.18. The van der Waals surface area contributed by atoms with Gasteiger partial charge in [0.2, 0.25) is 0 Å². The van der Waals surface area contributed by atoms with Crippen molar-refractivity contribution in [3.05, 3.63) is 33.9 Å². The highest BCUT2D eigenvalue weighted by atomic mass is 16.6. The molecule has 1 aliphatic rings. The van der Waals surface area contributed by atoms with Crippen molar-refractivity contribution < 1.29 is 14.6 Å². The summed E-state index contributed by atoms with van der Waals surface area (Å²) in [5.74, 6) is 0.